The number of nitrogens with zero attached hydrogens (tertiary/aromatic N) is 1. The molecule has 0 fully saturated rings. The van der Waals surface area contributed by atoms with Crippen LogP contribution in [0.5, 0.6) is 0 Å². The highest BCUT2D eigenvalue weighted by molar-refractivity contribution is 14.1. The molecule has 1 heterocycles. The molecule has 68 valence electrons. The van der Waals surface area contributed by atoms with Gasteiger partial charge in [0.05, 0.1) is 5.71 Å². The Hall–Kier alpha value is -0.420. The van der Waals surface area contributed by atoms with Gasteiger partial charge >= 0.3 is 0 Å². The van der Waals surface area contributed by atoms with E-state index in [1.165, 1.54) is 5.57 Å². The first-order valence-corrected chi connectivity index (χ1v) is 5.29. The van der Waals surface area contributed by atoms with Gasteiger partial charge in [-0.25, -0.2) is 0 Å². The van der Waals surface area contributed by atoms with E-state index in [-0.39, 0.29) is 10.0 Å². The van der Waals surface area contributed by atoms with Crippen molar-refractivity contribution in [3.63, 3.8) is 0 Å². The van der Waals surface area contributed by atoms with Crippen LogP contribution in [0.2, 0.25) is 0 Å². The number of halogens is 1. The minimum Gasteiger partial charge on any atom is -0.396 e. The van der Waals surface area contributed by atoms with E-state index < -0.39 is 0 Å². The average molecular weight is 287 g/mol. The molecule has 2 aliphatic rings. The van der Waals surface area contributed by atoms with Crippen LogP contribution in [-0.4, -0.2) is 20.8 Å². The number of alkyl halides is 1. The molecule has 13 heavy (non-hydrogen) atoms. The van der Waals surface area contributed by atoms with Gasteiger partial charge < -0.3 is 5.11 Å². The van der Waals surface area contributed by atoms with Crippen LogP contribution in [0.25, 0.3) is 0 Å². The summed E-state index contributed by atoms with van der Waals surface area (Å²) in [6.07, 6.45) is 10.7. The molecule has 1 unspecified atom stereocenters. The predicted molar refractivity (Wildman–Crippen MR) is 62.3 cm³/mol. The second-order valence-electron chi connectivity index (χ2n) is 3.07. The summed E-state index contributed by atoms with van der Waals surface area (Å²) in [5.74, 6) is 0. The molecule has 0 saturated carbocycles. The fraction of sp³-hybridized carbons (Fsp3) is 0.300. The summed E-state index contributed by atoms with van der Waals surface area (Å²) in [7, 11) is 0. The van der Waals surface area contributed by atoms with Crippen molar-refractivity contribution in [2.75, 3.05) is 6.61 Å². The van der Waals surface area contributed by atoms with Crippen molar-refractivity contribution >= 4 is 28.3 Å². The normalized spacial score (nSPS) is 30.0. The molecular formula is C10H10INO. The van der Waals surface area contributed by atoms with Gasteiger partial charge in [0, 0.05) is 12.8 Å². The Bertz CT molecular complexity index is 341. The van der Waals surface area contributed by atoms with E-state index in [0.29, 0.717) is 6.42 Å². The van der Waals surface area contributed by atoms with Crippen molar-refractivity contribution in [3.05, 3.63) is 36.1 Å². The summed E-state index contributed by atoms with van der Waals surface area (Å²) in [5.41, 5.74) is 2.25. The molecule has 2 rings (SSSR count). The van der Waals surface area contributed by atoms with Crippen molar-refractivity contribution in [2.45, 2.75) is 9.84 Å². The highest BCUT2D eigenvalue weighted by Crippen LogP contribution is 2.39. The Morgan fingerprint density at radius 1 is 1.46 bits per heavy atom. The highest BCUT2D eigenvalue weighted by Gasteiger charge is 2.36. The van der Waals surface area contributed by atoms with E-state index in [9.17, 15) is 0 Å². The Labute approximate surface area is 90.9 Å². The largest absolute Gasteiger partial charge is 0.396 e. The van der Waals surface area contributed by atoms with Crippen LogP contribution in [0.1, 0.15) is 6.42 Å². The number of fused-ring (bicyclic) bond motifs is 1. The van der Waals surface area contributed by atoms with E-state index in [4.69, 9.17) is 5.11 Å². The molecule has 0 radical (unpaired) electrons. The van der Waals surface area contributed by atoms with Crippen molar-refractivity contribution in [2.24, 2.45) is 4.99 Å². The van der Waals surface area contributed by atoms with Gasteiger partial charge in [0.1, 0.15) is 3.42 Å². The van der Waals surface area contributed by atoms with Crippen LogP contribution in [0.4, 0.5) is 0 Å². The maximum absolute atomic E-state index is 8.89. The van der Waals surface area contributed by atoms with E-state index in [1.807, 2.05) is 24.4 Å². The summed E-state index contributed by atoms with van der Waals surface area (Å²) >= 11 is 2.38. The summed E-state index contributed by atoms with van der Waals surface area (Å²) in [6.45, 7) is 0.191. The second kappa shape index (κ2) is 3.38. The number of aliphatic hydroxyl groups is 1. The molecule has 0 spiro atoms. The summed E-state index contributed by atoms with van der Waals surface area (Å²) < 4.78 is -0.0881. The van der Waals surface area contributed by atoms with Crippen molar-refractivity contribution in [1.82, 2.24) is 0 Å². The van der Waals surface area contributed by atoms with Gasteiger partial charge in [0.25, 0.3) is 0 Å². The molecule has 3 heteroatoms. The van der Waals surface area contributed by atoms with Crippen molar-refractivity contribution in [1.29, 1.82) is 0 Å². The molecule has 1 atom stereocenters. The average Bonchev–Trinajstić information content (AvgIpc) is 2.45. The van der Waals surface area contributed by atoms with Gasteiger partial charge in [0.15, 0.2) is 0 Å². The molecule has 1 aliphatic carbocycles. The van der Waals surface area contributed by atoms with Gasteiger partial charge in [-0.1, -0.05) is 40.8 Å². The van der Waals surface area contributed by atoms with Crippen LogP contribution >= 0.6 is 22.6 Å². The molecule has 2 nitrogen and oxygen atoms in total. The van der Waals surface area contributed by atoms with E-state index in [0.717, 1.165) is 5.71 Å². The van der Waals surface area contributed by atoms with Gasteiger partial charge in [-0.2, -0.15) is 0 Å². The maximum atomic E-state index is 8.89. The molecule has 0 saturated heterocycles. The zero-order valence-electron chi connectivity index (χ0n) is 7.07. The Morgan fingerprint density at radius 3 is 3.08 bits per heavy atom. The summed E-state index contributed by atoms with van der Waals surface area (Å²) in [6, 6.07) is 0. The quantitative estimate of drug-likeness (QED) is 0.611. The second-order valence-corrected chi connectivity index (χ2v) is 4.77. The van der Waals surface area contributed by atoms with Crippen LogP contribution in [0.15, 0.2) is 41.1 Å². The van der Waals surface area contributed by atoms with Gasteiger partial charge in [-0.15, -0.1) is 0 Å². The standard InChI is InChI=1S/C10H10INO/c11-10-5-2-1-3-9(10)12-7-8(10)4-6-13/h1-3,5,7,13H,4,6H2. The molecule has 0 aromatic rings. The fourth-order valence-corrected chi connectivity index (χ4v) is 2.49. The third kappa shape index (κ3) is 1.40. The Morgan fingerprint density at radius 2 is 2.31 bits per heavy atom. The zero-order chi connectivity index (χ0) is 9.31. The lowest BCUT2D eigenvalue weighted by atomic mass is 9.91. The van der Waals surface area contributed by atoms with E-state index in [1.54, 1.807) is 0 Å². The molecule has 1 N–H and O–H groups in total. The van der Waals surface area contributed by atoms with Crippen LogP contribution in [0.3, 0.4) is 0 Å². The van der Waals surface area contributed by atoms with E-state index >= 15 is 0 Å². The van der Waals surface area contributed by atoms with Crippen LogP contribution in [0, 0.1) is 0 Å². The first-order valence-electron chi connectivity index (χ1n) is 4.21. The number of hydrogen-bond acceptors (Lipinski definition) is 2. The topological polar surface area (TPSA) is 32.6 Å². The number of rotatable bonds is 2. The SMILES string of the molecule is OCCC1=CN=C2C=CC=CC12I. The molecule has 0 aromatic carbocycles. The monoisotopic (exact) mass is 287 g/mol. The van der Waals surface area contributed by atoms with Crippen LogP contribution < -0.4 is 0 Å². The number of allylic oxidation sites excluding steroid dienone is 4. The molecule has 1 aliphatic heterocycles. The number of aliphatic hydroxyl groups excluding tert-OH is 1. The smallest absolute Gasteiger partial charge is 0.105 e. The third-order valence-corrected chi connectivity index (χ3v) is 3.88. The lowest BCUT2D eigenvalue weighted by Crippen LogP contribution is -2.29. The predicted octanol–water partition coefficient (Wildman–Crippen LogP) is 2.01. The zero-order valence-corrected chi connectivity index (χ0v) is 9.23. The van der Waals surface area contributed by atoms with Crippen LogP contribution in [-0.2, 0) is 0 Å². The van der Waals surface area contributed by atoms with Crippen molar-refractivity contribution in [3.8, 4) is 0 Å². The summed E-state index contributed by atoms with van der Waals surface area (Å²) in [5, 5.41) is 8.89. The Kier molecular flexibility index (Phi) is 2.38. The fourth-order valence-electron chi connectivity index (χ4n) is 1.56. The van der Waals surface area contributed by atoms with Gasteiger partial charge in [-0.3, -0.25) is 4.99 Å². The molecule has 0 amide bonds. The highest BCUT2D eigenvalue weighted by atomic mass is 127. The minimum atomic E-state index is -0.0881. The van der Waals surface area contributed by atoms with Gasteiger partial charge in [-0.05, 0) is 18.1 Å². The Balaban J connectivity index is 2.31. The minimum absolute atomic E-state index is 0.0881. The van der Waals surface area contributed by atoms with Gasteiger partial charge in [0.2, 0.25) is 0 Å². The molecule has 0 aromatic heterocycles. The lowest BCUT2D eigenvalue weighted by Gasteiger charge is -2.24. The summed E-state index contributed by atoms with van der Waals surface area (Å²) in [4.78, 5) is 4.33. The number of aliphatic imine (C=N–C) groups is 1. The van der Waals surface area contributed by atoms with E-state index in [2.05, 4.69) is 33.7 Å². The third-order valence-electron chi connectivity index (χ3n) is 2.27. The molecular weight excluding hydrogens is 277 g/mol. The molecule has 0 bridgehead atoms. The number of hydrogen-bond donors (Lipinski definition) is 1. The lowest BCUT2D eigenvalue weighted by molar-refractivity contribution is 0.298. The van der Waals surface area contributed by atoms with Crippen molar-refractivity contribution < 1.29 is 5.11 Å². The first kappa shape index (κ1) is 9.15. The maximum Gasteiger partial charge on any atom is 0.105 e. The first-order chi connectivity index (χ1) is 6.27.